The van der Waals surface area contributed by atoms with Crippen molar-refractivity contribution in [3.05, 3.63) is 33.9 Å². The first-order valence-corrected chi connectivity index (χ1v) is 6.55. The molecule has 1 aliphatic heterocycles. The minimum absolute atomic E-state index is 0.0177. The van der Waals surface area contributed by atoms with Gasteiger partial charge < -0.3 is 10.0 Å². The van der Waals surface area contributed by atoms with Crippen LogP contribution in [0.4, 0.5) is 11.4 Å². The summed E-state index contributed by atoms with van der Waals surface area (Å²) in [5.41, 5.74) is -0.604. The molecule has 1 aromatic rings. The number of rotatable bonds is 3. The molecule has 0 bridgehead atoms. The first kappa shape index (κ1) is 14.8. The topological polar surface area (TPSA) is 107 Å². The summed E-state index contributed by atoms with van der Waals surface area (Å²) >= 11 is 0. The molecule has 1 saturated heterocycles. The molecule has 21 heavy (non-hydrogen) atoms. The molecule has 1 N–H and O–H groups in total. The van der Waals surface area contributed by atoms with Crippen molar-refractivity contribution in [1.29, 1.82) is 5.26 Å². The number of nitro benzene ring substituents is 1. The monoisotopic (exact) mass is 289 g/mol. The Morgan fingerprint density at radius 1 is 1.48 bits per heavy atom. The highest BCUT2D eigenvalue weighted by Gasteiger charge is 2.38. The van der Waals surface area contributed by atoms with Gasteiger partial charge >= 0.3 is 11.7 Å². The van der Waals surface area contributed by atoms with Crippen molar-refractivity contribution >= 4 is 17.3 Å². The van der Waals surface area contributed by atoms with E-state index in [1.54, 1.807) is 24.0 Å². The number of hydrogen-bond acceptors (Lipinski definition) is 5. The van der Waals surface area contributed by atoms with Crippen LogP contribution in [-0.2, 0) is 4.79 Å². The maximum Gasteiger partial charge on any atom is 0.310 e. The zero-order chi connectivity index (χ0) is 15.6. The maximum absolute atomic E-state index is 11.2. The van der Waals surface area contributed by atoms with E-state index in [0.29, 0.717) is 31.6 Å². The Balaban J connectivity index is 2.32. The van der Waals surface area contributed by atoms with Crippen LogP contribution in [0.5, 0.6) is 0 Å². The summed E-state index contributed by atoms with van der Waals surface area (Å²) in [4.78, 5) is 23.7. The molecule has 7 heteroatoms. The lowest BCUT2D eigenvalue weighted by atomic mass is 9.80. The third-order valence-electron chi connectivity index (χ3n) is 4.04. The zero-order valence-electron chi connectivity index (χ0n) is 11.6. The summed E-state index contributed by atoms with van der Waals surface area (Å²) in [7, 11) is 0. The summed E-state index contributed by atoms with van der Waals surface area (Å²) in [5.74, 6) is -0.845. The zero-order valence-corrected chi connectivity index (χ0v) is 11.6. The number of para-hydroxylation sites is 1. The molecule has 0 amide bonds. The highest BCUT2D eigenvalue weighted by atomic mass is 16.6. The second kappa shape index (κ2) is 5.40. The van der Waals surface area contributed by atoms with Crippen LogP contribution >= 0.6 is 0 Å². The van der Waals surface area contributed by atoms with E-state index < -0.39 is 16.3 Å². The number of nitro groups is 1. The summed E-state index contributed by atoms with van der Waals surface area (Å²) in [5, 5.41) is 29.4. The number of nitriles is 1. The number of piperidine rings is 1. The van der Waals surface area contributed by atoms with E-state index in [-0.39, 0.29) is 11.3 Å². The standard InChI is InChI=1S/C14H15N3O4/c1-14(13(18)19)5-7-16(8-6-14)11-4-2-3-10(9-15)12(11)17(20)21/h2-4H,5-8H2,1H3,(H,18,19). The number of carboxylic acids is 1. The average Bonchev–Trinajstić information content (AvgIpc) is 2.47. The Morgan fingerprint density at radius 3 is 2.57 bits per heavy atom. The van der Waals surface area contributed by atoms with Gasteiger partial charge in [0.1, 0.15) is 17.3 Å². The van der Waals surface area contributed by atoms with Crippen LogP contribution in [0.1, 0.15) is 25.3 Å². The van der Waals surface area contributed by atoms with Gasteiger partial charge in [0.15, 0.2) is 0 Å². The summed E-state index contributed by atoms with van der Waals surface area (Å²) in [6.45, 7) is 2.52. The van der Waals surface area contributed by atoms with E-state index in [2.05, 4.69) is 0 Å². The second-order valence-electron chi connectivity index (χ2n) is 5.40. The molecule has 0 aromatic heterocycles. The van der Waals surface area contributed by atoms with Gasteiger partial charge in [0.25, 0.3) is 0 Å². The highest BCUT2D eigenvalue weighted by Crippen LogP contribution is 2.37. The molecule has 1 fully saturated rings. The fraction of sp³-hybridized carbons (Fsp3) is 0.429. The van der Waals surface area contributed by atoms with Crippen molar-refractivity contribution in [2.75, 3.05) is 18.0 Å². The predicted octanol–water partition coefficient (Wildman–Crippen LogP) is 2.16. The van der Waals surface area contributed by atoms with Crippen molar-refractivity contribution in [2.45, 2.75) is 19.8 Å². The van der Waals surface area contributed by atoms with Crippen molar-refractivity contribution in [1.82, 2.24) is 0 Å². The number of aliphatic carboxylic acids is 1. The molecule has 0 radical (unpaired) electrons. The molecule has 1 heterocycles. The van der Waals surface area contributed by atoms with Gasteiger partial charge in [-0.2, -0.15) is 5.26 Å². The van der Waals surface area contributed by atoms with Gasteiger partial charge in [-0.15, -0.1) is 0 Å². The van der Waals surface area contributed by atoms with Crippen LogP contribution < -0.4 is 4.90 Å². The van der Waals surface area contributed by atoms with Crippen LogP contribution in [0.3, 0.4) is 0 Å². The summed E-state index contributed by atoms with van der Waals surface area (Å²) in [6, 6.07) is 6.44. The first-order chi connectivity index (χ1) is 9.89. The smallest absolute Gasteiger partial charge is 0.310 e. The molecule has 0 aliphatic carbocycles. The molecule has 2 rings (SSSR count). The molecule has 0 unspecified atom stereocenters. The number of anilines is 1. The van der Waals surface area contributed by atoms with Crippen LogP contribution in [0.15, 0.2) is 18.2 Å². The number of nitrogens with zero attached hydrogens (tertiary/aromatic N) is 3. The summed E-state index contributed by atoms with van der Waals surface area (Å²) < 4.78 is 0. The highest BCUT2D eigenvalue weighted by molar-refractivity contribution is 5.75. The lowest BCUT2D eigenvalue weighted by molar-refractivity contribution is -0.384. The average molecular weight is 289 g/mol. The van der Waals surface area contributed by atoms with E-state index in [4.69, 9.17) is 5.26 Å². The Morgan fingerprint density at radius 2 is 2.10 bits per heavy atom. The molecule has 7 nitrogen and oxygen atoms in total. The van der Waals surface area contributed by atoms with Crippen LogP contribution in [-0.4, -0.2) is 29.1 Å². The van der Waals surface area contributed by atoms with E-state index in [1.807, 2.05) is 6.07 Å². The third kappa shape index (κ3) is 2.65. The number of carboxylic acid groups (broad SMARTS) is 1. The van der Waals surface area contributed by atoms with Crippen molar-refractivity contribution in [3.8, 4) is 6.07 Å². The van der Waals surface area contributed by atoms with Gasteiger partial charge in [0.05, 0.1) is 10.3 Å². The molecule has 1 aliphatic rings. The van der Waals surface area contributed by atoms with Gasteiger partial charge in [-0.05, 0) is 31.9 Å². The molecule has 0 atom stereocenters. The fourth-order valence-corrected chi connectivity index (χ4v) is 2.52. The first-order valence-electron chi connectivity index (χ1n) is 6.55. The van der Waals surface area contributed by atoms with E-state index in [0.717, 1.165) is 0 Å². The van der Waals surface area contributed by atoms with E-state index >= 15 is 0 Å². The largest absolute Gasteiger partial charge is 0.481 e. The van der Waals surface area contributed by atoms with Gasteiger partial charge in [0, 0.05) is 13.1 Å². The van der Waals surface area contributed by atoms with Gasteiger partial charge in [-0.25, -0.2) is 0 Å². The fourth-order valence-electron chi connectivity index (χ4n) is 2.52. The quantitative estimate of drug-likeness (QED) is 0.674. The second-order valence-corrected chi connectivity index (χ2v) is 5.40. The minimum atomic E-state index is -0.845. The summed E-state index contributed by atoms with van der Waals surface area (Å²) in [6.07, 6.45) is 0.826. The van der Waals surface area contributed by atoms with Crippen LogP contribution in [0.25, 0.3) is 0 Å². The van der Waals surface area contributed by atoms with Crippen molar-refractivity contribution in [2.24, 2.45) is 5.41 Å². The Hall–Kier alpha value is -2.62. The van der Waals surface area contributed by atoms with Gasteiger partial charge in [0.2, 0.25) is 0 Å². The van der Waals surface area contributed by atoms with Crippen LogP contribution in [0, 0.1) is 26.9 Å². The van der Waals surface area contributed by atoms with Crippen LogP contribution in [0.2, 0.25) is 0 Å². The third-order valence-corrected chi connectivity index (χ3v) is 4.04. The molecule has 0 spiro atoms. The molecule has 1 aromatic carbocycles. The molecular weight excluding hydrogens is 274 g/mol. The SMILES string of the molecule is CC1(C(=O)O)CCN(c2cccc(C#N)c2[N+](=O)[O-])CC1. The van der Waals surface area contributed by atoms with E-state index in [1.165, 1.54) is 6.07 Å². The number of hydrogen-bond donors (Lipinski definition) is 1. The predicted molar refractivity (Wildman–Crippen MR) is 75.0 cm³/mol. The minimum Gasteiger partial charge on any atom is -0.481 e. The number of benzene rings is 1. The Labute approximate surface area is 121 Å². The molecule has 0 saturated carbocycles. The Kier molecular flexibility index (Phi) is 3.80. The van der Waals surface area contributed by atoms with Crippen molar-refractivity contribution in [3.63, 3.8) is 0 Å². The lowest BCUT2D eigenvalue weighted by Crippen LogP contribution is -2.42. The lowest BCUT2D eigenvalue weighted by Gasteiger charge is -2.37. The molecular formula is C14H15N3O4. The molecule has 110 valence electrons. The van der Waals surface area contributed by atoms with Crippen molar-refractivity contribution < 1.29 is 14.8 Å². The Bertz CT molecular complexity index is 628. The van der Waals surface area contributed by atoms with E-state index in [9.17, 15) is 20.0 Å². The maximum atomic E-state index is 11.2. The van der Waals surface area contributed by atoms with Gasteiger partial charge in [-0.3, -0.25) is 14.9 Å². The number of carbonyl (C=O) groups is 1. The van der Waals surface area contributed by atoms with Gasteiger partial charge in [-0.1, -0.05) is 6.07 Å². The normalized spacial score (nSPS) is 17.0.